The highest BCUT2D eigenvalue weighted by Crippen LogP contribution is 2.28. The van der Waals surface area contributed by atoms with Crippen LogP contribution in [0, 0.1) is 0 Å². The Balaban J connectivity index is 2.45. The summed E-state index contributed by atoms with van der Waals surface area (Å²) in [5.74, 6) is 0. The van der Waals surface area contributed by atoms with Crippen LogP contribution in [0.2, 0.25) is 5.15 Å². The Kier molecular flexibility index (Phi) is 3.57. The van der Waals surface area contributed by atoms with E-state index in [9.17, 15) is 18.0 Å². The molecule has 0 saturated carbocycles. The molecule has 0 aromatic carbocycles. The number of nitrogens with zero attached hydrogens (tertiary/aromatic N) is 3. The number of aromatic nitrogens is 3. The van der Waals surface area contributed by atoms with Gasteiger partial charge in [0.15, 0.2) is 5.15 Å². The summed E-state index contributed by atoms with van der Waals surface area (Å²) in [6, 6.07) is 5.76. The van der Waals surface area contributed by atoms with Gasteiger partial charge in [-0.1, -0.05) is 17.7 Å². The molecule has 100 valence electrons. The molecule has 2 aromatic rings. The number of pyridine rings is 1. The maximum Gasteiger partial charge on any atom is 0.431 e. The summed E-state index contributed by atoms with van der Waals surface area (Å²) in [4.78, 5) is 11.5. The summed E-state index contributed by atoms with van der Waals surface area (Å²) >= 11 is 5.53. The normalized spacial score (nSPS) is 11.6. The molecule has 0 bridgehead atoms. The highest BCUT2D eigenvalue weighted by atomic mass is 35.5. The van der Waals surface area contributed by atoms with Crippen LogP contribution < -0.4 is 5.56 Å². The number of halogens is 4. The van der Waals surface area contributed by atoms with E-state index in [1.54, 1.807) is 0 Å². The molecule has 0 unspecified atom stereocenters. The van der Waals surface area contributed by atoms with Crippen molar-refractivity contribution in [3.05, 3.63) is 57.2 Å². The molecule has 2 rings (SSSR count). The van der Waals surface area contributed by atoms with Gasteiger partial charge >= 0.3 is 6.18 Å². The van der Waals surface area contributed by atoms with Gasteiger partial charge in [-0.2, -0.15) is 18.3 Å². The fraction of sp³-hybridized carbons (Fsp3) is 0.182. The van der Waals surface area contributed by atoms with E-state index in [1.165, 1.54) is 12.1 Å². The van der Waals surface area contributed by atoms with Crippen LogP contribution in [0.5, 0.6) is 0 Å². The number of rotatable bonds is 2. The first kappa shape index (κ1) is 13.5. The molecule has 0 radical (unpaired) electrons. The van der Waals surface area contributed by atoms with Crippen molar-refractivity contribution in [2.24, 2.45) is 0 Å². The van der Waals surface area contributed by atoms with Gasteiger partial charge in [0.25, 0.3) is 5.56 Å². The Labute approximate surface area is 110 Å². The number of hydrogen-bond acceptors (Lipinski definition) is 3. The molecule has 8 heteroatoms. The largest absolute Gasteiger partial charge is 0.431 e. The van der Waals surface area contributed by atoms with Crippen molar-refractivity contribution in [2.75, 3.05) is 0 Å². The van der Waals surface area contributed by atoms with Crippen molar-refractivity contribution in [3.63, 3.8) is 0 Å². The van der Waals surface area contributed by atoms with E-state index in [0.29, 0.717) is 4.57 Å². The minimum atomic E-state index is -4.61. The molecule has 19 heavy (non-hydrogen) atoms. The van der Waals surface area contributed by atoms with Gasteiger partial charge in [-0.25, -0.2) is 0 Å². The van der Waals surface area contributed by atoms with Gasteiger partial charge in [-0.05, 0) is 18.2 Å². The van der Waals surface area contributed by atoms with Gasteiger partial charge in [0.2, 0.25) is 0 Å². The van der Waals surface area contributed by atoms with Crippen LogP contribution in [-0.2, 0) is 12.7 Å². The lowest BCUT2D eigenvalue weighted by molar-refractivity contribution is -0.144. The third-order valence-corrected chi connectivity index (χ3v) is 2.55. The van der Waals surface area contributed by atoms with Gasteiger partial charge in [0.1, 0.15) is 5.69 Å². The molecule has 0 aliphatic heterocycles. The standard InChI is InChI=1S/C11H7ClF3N3O/c12-9-5-4-7(16-17-9)6-18-8(11(13,14)15)2-1-3-10(18)19/h1-5H,6H2. The first-order chi connectivity index (χ1) is 8.88. The Morgan fingerprint density at radius 3 is 2.47 bits per heavy atom. The second-order valence-corrected chi connectivity index (χ2v) is 4.07. The number of alkyl halides is 3. The molecule has 0 fully saturated rings. The summed E-state index contributed by atoms with van der Waals surface area (Å²) in [6.07, 6.45) is -4.61. The summed E-state index contributed by atoms with van der Waals surface area (Å²) < 4.78 is 38.9. The molecule has 2 aromatic heterocycles. The molecule has 0 aliphatic rings. The van der Waals surface area contributed by atoms with Crippen LogP contribution >= 0.6 is 11.6 Å². The highest BCUT2D eigenvalue weighted by molar-refractivity contribution is 6.29. The van der Waals surface area contributed by atoms with Crippen molar-refractivity contribution in [1.82, 2.24) is 14.8 Å². The highest BCUT2D eigenvalue weighted by Gasteiger charge is 2.34. The van der Waals surface area contributed by atoms with E-state index >= 15 is 0 Å². The van der Waals surface area contributed by atoms with Gasteiger partial charge in [0.05, 0.1) is 12.2 Å². The first-order valence-corrected chi connectivity index (χ1v) is 5.51. The Bertz CT molecular complexity index is 637. The average molecular weight is 290 g/mol. The quantitative estimate of drug-likeness (QED) is 0.853. The minimum Gasteiger partial charge on any atom is -0.298 e. The maximum absolute atomic E-state index is 12.8. The zero-order chi connectivity index (χ0) is 14.0. The Morgan fingerprint density at radius 2 is 1.89 bits per heavy atom. The predicted molar refractivity (Wildman–Crippen MR) is 61.8 cm³/mol. The molecule has 0 amide bonds. The van der Waals surface area contributed by atoms with E-state index in [-0.39, 0.29) is 17.4 Å². The van der Waals surface area contributed by atoms with Crippen LogP contribution in [0.3, 0.4) is 0 Å². The van der Waals surface area contributed by atoms with E-state index in [2.05, 4.69) is 10.2 Å². The zero-order valence-corrected chi connectivity index (χ0v) is 10.1. The topological polar surface area (TPSA) is 47.8 Å². The van der Waals surface area contributed by atoms with Gasteiger partial charge in [-0.15, -0.1) is 5.10 Å². The van der Waals surface area contributed by atoms with Crippen molar-refractivity contribution < 1.29 is 13.2 Å². The van der Waals surface area contributed by atoms with E-state index in [0.717, 1.165) is 18.2 Å². The molecule has 0 spiro atoms. The van der Waals surface area contributed by atoms with E-state index in [4.69, 9.17) is 11.6 Å². The molecular weight excluding hydrogens is 283 g/mol. The third kappa shape index (κ3) is 3.11. The van der Waals surface area contributed by atoms with Crippen LogP contribution in [0.25, 0.3) is 0 Å². The fourth-order valence-electron chi connectivity index (χ4n) is 1.52. The van der Waals surface area contributed by atoms with Crippen molar-refractivity contribution in [3.8, 4) is 0 Å². The van der Waals surface area contributed by atoms with Crippen LogP contribution in [0.15, 0.2) is 35.1 Å². The average Bonchev–Trinajstić information content (AvgIpc) is 2.33. The summed E-state index contributed by atoms with van der Waals surface area (Å²) in [5, 5.41) is 7.27. The fourth-order valence-corrected chi connectivity index (χ4v) is 1.62. The summed E-state index contributed by atoms with van der Waals surface area (Å²) in [7, 11) is 0. The monoisotopic (exact) mass is 289 g/mol. The summed E-state index contributed by atoms with van der Waals surface area (Å²) in [6.45, 7) is -0.321. The lowest BCUT2D eigenvalue weighted by Gasteiger charge is -2.14. The molecular formula is C11H7ClF3N3O. The van der Waals surface area contributed by atoms with Crippen LogP contribution in [-0.4, -0.2) is 14.8 Å². The lowest BCUT2D eigenvalue weighted by atomic mass is 10.3. The van der Waals surface area contributed by atoms with Gasteiger partial charge in [-0.3, -0.25) is 9.36 Å². The Morgan fingerprint density at radius 1 is 1.16 bits per heavy atom. The van der Waals surface area contributed by atoms with Gasteiger partial charge < -0.3 is 0 Å². The molecule has 4 nitrogen and oxygen atoms in total. The minimum absolute atomic E-state index is 0.125. The number of hydrogen-bond donors (Lipinski definition) is 0. The zero-order valence-electron chi connectivity index (χ0n) is 9.36. The predicted octanol–water partition coefficient (Wildman–Crippen LogP) is 2.36. The second-order valence-electron chi connectivity index (χ2n) is 3.68. The van der Waals surface area contributed by atoms with Crippen molar-refractivity contribution in [1.29, 1.82) is 0 Å². The Hall–Kier alpha value is -1.89. The molecule has 0 aliphatic carbocycles. The smallest absolute Gasteiger partial charge is 0.298 e. The first-order valence-electron chi connectivity index (χ1n) is 5.13. The van der Waals surface area contributed by atoms with Crippen LogP contribution in [0.4, 0.5) is 13.2 Å². The molecule has 2 heterocycles. The molecule has 0 atom stereocenters. The third-order valence-electron chi connectivity index (χ3n) is 2.35. The SMILES string of the molecule is O=c1cccc(C(F)(F)F)n1Cc1ccc(Cl)nn1. The van der Waals surface area contributed by atoms with Gasteiger partial charge in [0, 0.05) is 6.07 Å². The molecule has 0 saturated heterocycles. The van der Waals surface area contributed by atoms with Crippen molar-refractivity contribution >= 4 is 11.6 Å². The molecule has 0 N–H and O–H groups in total. The van der Waals surface area contributed by atoms with E-state index in [1.807, 2.05) is 0 Å². The maximum atomic E-state index is 12.8. The second kappa shape index (κ2) is 5.00. The summed E-state index contributed by atoms with van der Waals surface area (Å²) in [5.41, 5.74) is -1.58. The lowest BCUT2D eigenvalue weighted by Crippen LogP contribution is -2.28. The van der Waals surface area contributed by atoms with E-state index < -0.39 is 17.4 Å². The van der Waals surface area contributed by atoms with Crippen molar-refractivity contribution in [2.45, 2.75) is 12.7 Å². The van der Waals surface area contributed by atoms with Crippen LogP contribution in [0.1, 0.15) is 11.4 Å².